The first-order chi connectivity index (χ1) is 9.11. The largest absolute Gasteiger partial charge is 0.478 e. The lowest BCUT2D eigenvalue weighted by Crippen LogP contribution is -2.12. The first kappa shape index (κ1) is 13.4. The van der Waals surface area contributed by atoms with Gasteiger partial charge in [0.05, 0.1) is 11.6 Å². The smallest absolute Gasteiger partial charge is 0.337 e. The third kappa shape index (κ3) is 3.06. The number of anilines is 2. The Morgan fingerprint density at radius 1 is 1.47 bits per heavy atom. The Morgan fingerprint density at radius 2 is 2.26 bits per heavy atom. The van der Waals surface area contributed by atoms with Gasteiger partial charge in [-0.25, -0.2) is 4.79 Å². The number of hydrogen-bond donors (Lipinski definition) is 3. The van der Waals surface area contributed by atoms with Gasteiger partial charge in [-0.05, 0) is 36.1 Å². The second kappa shape index (κ2) is 5.75. The molecular weight excluding hydrogens is 260 g/mol. The lowest BCUT2D eigenvalue weighted by Gasteiger charge is -2.18. The molecule has 1 unspecified atom stereocenters. The number of benzene rings is 1. The summed E-state index contributed by atoms with van der Waals surface area (Å²) in [7, 11) is 0. The number of carboxylic acids is 1. The Bertz CT molecular complexity index is 567. The third-order valence-corrected chi connectivity index (χ3v) is 3.88. The fourth-order valence-corrected chi connectivity index (χ4v) is 2.78. The highest BCUT2D eigenvalue weighted by Gasteiger charge is 2.15. The standard InChI is InChI=1S/C14H16N2O2S/c1-2-11(13-4-3-7-19-13)16-12-6-5-9(15)8-10(12)14(17)18/h3-8,11,16H,2,15H2,1H3,(H,17,18). The van der Waals surface area contributed by atoms with Crippen molar-refractivity contribution >= 4 is 28.7 Å². The molecule has 4 nitrogen and oxygen atoms in total. The third-order valence-electron chi connectivity index (χ3n) is 2.90. The number of aromatic carboxylic acids is 1. The monoisotopic (exact) mass is 276 g/mol. The summed E-state index contributed by atoms with van der Waals surface area (Å²) in [6.45, 7) is 2.06. The van der Waals surface area contributed by atoms with Crippen LogP contribution >= 0.6 is 11.3 Å². The van der Waals surface area contributed by atoms with Gasteiger partial charge in [0.25, 0.3) is 0 Å². The van der Waals surface area contributed by atoms with Crippen molar-refractivity contribution in [3.8, 4) is 0 Å². The van der Waals surface area contributed by atoms with Crippen LogP contribution in [0.5, 0.6) is 0 Å². The van der Waals surface area contributed by atoms with Crippen LogP contribution in [-0.2, 0) is 0 Å². The van der Waals surface area contributed by atoms with Crippen molar-refractivity contribution in [2.45, 2.75) is 19.4 Å². The molecular formula is C14H16N2O2S. The number of nitrogens with two attached hydrogens (primary N) is 1. The Morgan fingerprint density at radius 3 is 2.84 bits per heavy atom. The van der Waals surface area contributed by atoms with Gasteiger partial charge in [0.15, 0.2) is 0 Å². The normalized spacial score (nSPS) is 12.1. The molecule has 0 saturated carbocycles. The summed E-state index contributed by atoms with van der Waals surface area (Å²) in [5, 5.41) is 14.5. The van der Waals surface area contributed by atoms with Gasteiger partial charge < -0.3 is 16.2 Å². The van der Waals surface area contributed by atoms with Crippen LogP contribution in [0, 0.1) is 0 Å². The summed E-state index contributed by atoms with van der Waals surface area (Å²) < 4.78 is 0. The average molecular weight is 276 g/mol. The number of hydrogen-bond acceptors (Lipinski definition) is 4. The molecule has 1 atom stereocenters. The fourth-order valence-electron chi connectivity index (χ4n) is 1.92. The van der Waals surface area contributed by atoms with E-state index in [1.165, 1.54) is 10.9 Å². The van der Waals surface area contributed by atoms with Gasteiger partial charge in [-0.2, -0.15) is 0 Å². The van der Waals surface area contributed by atoms with E-state index in [9.17, 15) is 9.90 Å². The molecule has 0 aliphatic heterocycles. The number of nitrogen functional groups attached to an aromatic ring is 1. The quantitative estimate of drug-likeness (QED) is 0.729. The first-order valence-corrected chi connectivity index (χ1v) is 6.92. The summed E-state index contributed by atoms with van der Waals surface area (Å²) in [5.41, 5.74) is 6.89. The lowest BCUT2D eigenvalue weighted by atomic mass is 10.1. The van der Waals surface area contributed by atoms with Crippen molar-refractivity contribution < 1.29 is 9.90 Å². The molecule has 2 rings (SSSR count). The van der Waals surface area contributed by atoms with Crippen LogP contribution in [0.15, 0.2) is 35.7 Å². The van der Waals surface area contributed by atoms with Crippen molar-refractivity contribution in [3.05, 3.63) is 46.2 Å². The van der Waals surface area contributed by atoms with Gasteiger partial charge in [-0.1, -0.05) is 13.0 Å². The molecule has 1 aromatic heterocycles. The molecule has 19 heavy (non-hydrogen) atoms. The second-order valence-electron chi connectivity index (χ2n) is 4.23. The molecule has 100 valence electrons. The summed E-state index contributed by atoms with van der Waals surface area (Å²) in [6.07, 6.45) is 0.879. The zero-order chi connectivity index (χ0) is 13.8. The number of nitrogens with one attached hydrogen (secondary N) is 1. The van der Waals surface area contributed by atoms with Crippen LogP contribution in [0.4, 0.5) is 11.4 Å². The van der Waals surface area contributed by atoms with Crippen LogP contribution in [0.3, 0.4) is 0 Å². The molecule has 4 N–H and O–H groups in total. The minimum absolute atomic E-state index is 0.113. The Balaban J connectivity index is 2.29. The summed E-state index contributed by atoms with van der Waals surface area (Å²) in [5.74, 6) is -0.976. The van der Waals surface area contributed by atoms with Crippen molar-refractivity contribution in [2.75, 3.05) is 11.1 Å². The first-order valence-electron chi connectivity index (χ1n) is 6.04. The van der Waals surface area contributed by atoms with Crippen LogP contribution < -0.4 is 11.1 Å². The summed E-state index contributed by atoms with van der Waals surface area (Å²) >= 11 is 1.66. The zero-order valence-electron chi connectivity index (χ0n) is 10.6. The van der Waals surface area contributed by atoms with Crippen molar-refractivity contribution in [1.82, 2.24) is 0 Å². The van der Waals surface area contributed by atoms with Crippen molar-refractivity contribution in [1.29, 1.82) is 0 Å². The molecule has 5 heteroatoms. The molecule has 0 aliphatic rings. The van der Waals surface area contributed by atoms with Crippen molar-refractivity contribution in [2.24, 2.45) is 0 Å². The van der Waals surface area contributed by atoms with Gasteiger partial charge in [-0.15, -0.1) is 11.3 Å². The van der Waals surface area contributed by atoms with E-state index in [-0.39, 0.29) is 11.6 Å². The highest BCUT2D eigenvalue weighted by Crippen LogP contribution is 2.28. The molecule has 0 aliphatic carbocycles. The Kier molecular flexibility index (Phi) is 4.06. The van der Waals surface area contributed by atoms with E-state index in [0.717, 1.165) is 6.42 Å². The van der Waals surface area contributed by atoms with Crippen LogP contribution in [0.2, 0.25) is 0 Å². The fraction of sp³-hybridized carbons (Fsp3) is 0.214. The van der Waals surface area contributed by atoms with Gasteiger partial charge >= 0.3 is 5.97 Å². The van der Waals surface area contributed by atoms with E-state index in [1.807, 2.05) is 17.5 Å². The van der Waals surface area contributed by atoms with Crippen LogP contribution in [0.1, 0.15) is 34.6 Å². The number of carbonyl (C=O) groups is 1. The Labute approximate surface area is 115 Å². The summed E-state index contributed by atoms with van der Waals surface area (Å²) in [6, 6.07) is 9.05. The lowest BCUT2D eigenvalue weighted by molar-refractivity contribution is 0.0698. The van der Waals surface area contributed by atoms with E-state index in [1.54, 1.807) is 23.5 Å². The molecule has 0 radical (unpaired) electrons. The minimum Gasteiger partial charge on any atom is -0.478 e. The molecule has 0 saturated heterocycles. The highest BCUT2D eigenvalue weighted by molar-refractivity contribution is 7.10. The van der Waals surface area contributed by atoms with Gasteiger partial charge in [0.1, 0.15) is 0 Å². The molecule has 1 heterocycles. The number of carboxylic acid groups (broad SMARTS) is 1. The molecule has 0 spiro atoms. The van der Waals surface area contributed by atoms with E-state index >= 15 is 0 Å². The maximum Gasteiger partial charge on any atom is 0.337 e. The van der Waals surface area contributed by atoms with Gasteiger partial charge in [-0.3, -0.25) is 0 Å². The predicted octanol–water partition coefficient (Wildman–Crippen LogP) is 3.59. The predicted molar refractivity (Wildman–Crippen MR) is 78.8 cm³/mol. The van der Waals surface area contributed by atoms with Gasteiger partial charge in [0.2, 0.25) is 0 Å². The van der Waals surface area contributed by atoms with Crippen molar-refractivity contribution in [3.63, 3.8) is 0 Å². The molecule has 1 aromatic carbocycles. The zero-order valence-corrected chi connectivity index (χ0v) is 11.4. The van der Waals surface area contributed by atoms with Crippen LogP contribution in [-0.4, -0.2) is 11.1 Å². The van der Waals surface area contributed by atoms with E-state index < -0.39 is 5.97 Å². The minimum atomic E-state index is -0.976. The molecule has 0 bridgehead atoms. The summed E-state index contributed by atoms with van der Waals surface area (Å²) in [4.78, 5) is 12.4. The molecule has 0 fully saturated rings. The number of thiophene rings is 1. The second-order valence-corrected chi connectivity index (χ2v) is 5.21. The SMILES string of the molecule is CCC(Nc1ccc(N)cc1C(=O)O)c1cccs1. The van der Waals surface area contributed by atoms with E-state index in [2.05, 4.69) is 12.2 Å². The Hall–Kier alpha value is -2.01. The topological polar surface area (TPSA) is 75.3 Å². The van der Waals surface area contributed by atoms with E-state index in [0.29, 0.717) is 11.4 Å². The maximum atomic E-state index is 11.2. The van der Waals surface area contributed by atoms with E-state index in [4.69, 9.17) is 5.73 Å². The average Bonchev–Trinajstić information content (AvgIpc) is 2.90. The molecule has 2 aromatic rings. The molecule has 0 amide bonds. The maximum absolute atomic E-state index is 11.2. The van der Waals surface area contributed by atoms with Crippen LogP contribution in [0.25, 0.3) is 0 Å². The number of rotatable bonds is 5. The highest BCUT2D eigenvalue weighted by atomic mass is 32.1. The van der Waals surface area contributed by atoms with Gasteiger partial charge in [0, 0.05) is 16.3 Å².